The third-order valence-corrected chi connectivity index (χ3v) is 13.2. The van der Waals surface area contributed by atoms with Gasteiger partial charge in [-0.05, 0) is 103 Å². The summed E-state index contributed by atoms with van der Waals surface area (Å²) in [5.41, 5.74) is 10.1. The molecule has 11 aromatic rings. The molecule has 0 fully saturated rings. The second-order valence-corrected chi connectivity index (χ2v) is 16.8. The van der Waals surface area contributed by atoms with E-state index in [1.54, 1.807) is 0 Å². The average Bonchev–Trinajstić information content (AvgIpc) is 3.86. The fraction of sp³-hybridized carbons (Fsp3) is 0. The van der Waals surface area contributed by atoms with Crippen molar-refractivity contribution in [2.24, 2.45) is 0 Å². The molecule has 2 heterocycles. The fourth-order valence-electron chi connectivity index (χ4n) is 8.36. The van der Waals surface area contributed by atoms with Crippen molar-refractivity contribution in [2.75, 3.05) is 14.7 Å². The second-order valence-electron chi connectivity index (χ2n) is 14.6. The van der Waals surface area contributed by atoms with Gasteiger partial charge in [-0.1, -0.05) is 121 Å². The number of hydrogen-bond acceptors (Lipinski definition) is 5. The molecule has 2 aromatic heterocycles. The average molecular weight is 792 g/mol. The minimum absolute atomic E-state index is 1.10. The minimum atomic E-state index is 1.10. The minimum Gasteiger partial charge on any atom is -0.310 e. The molecule has 0 aliphatic carbocycles. The van der Waals surface area contributed by atoms with Crippen LogP contribution in [0.3, 0.4) is 0 Å². The van der Waals surface area contributed by atoms with Crippen molar-refractivity contribution in [3.63, 3.8) is 0 Å². The Balaban J connectivity index is 1.10. The third-order valence-electron chi connectivity index (χ3n) is 11.0. The monoisotopic (exact) mass is 791 g/mol. The summed E-state index contributed by atoms with van der Waals surface area (Å²) >= 11 is 3.71. The molecule has 5 heteroatoms. The van der Waals surface area contributed by atoms with Crippen LogP contribution in [0.25, 0.3) is 40.3 Å². The second kappa shape index (κ2) is 15.0. The summed E-state index contributed by atoms with van der Waals surface area (Å²) in [6.07, 6.45) is 0. The topological polar surface area (TPSA) is 9.72 Å². The van der Waals surface area contributed by atoms with Gasteiger partial charge in [0.2, 0.25) is 0 Å². The summed E-state index contributed by atoms with van der Waals surface area (Å²) in [4.78, 5) is 7.17. The first-order valence-electron chi connectivity index (χ1n) is 19.8. The van der Waals surface area contributed by atoms with Gasteiger partial charge in [0.05, 0.1) is 5.69 Å². The zero-order valence-corrected chi connectivity index (χ0v) is 33.7. The Morgan fingerprint density at radius 3 is 1.08 bits per heavy atom. The van der Waals surface area contributed by atoms with Gasteiger partial charge in [0, 0.05) is 85.8 Å². The predicted octanol–water partition coefficient (Wildman–Crippen LogP) is 16.8. The molecular weight excluding hydrogens is 755 g/mol. The van der Waals surface area contributed by atoms with Crippen LogP contribution in [-0.4, -0.2) is 0 Å². The highest BCUT2D eigenvalue weighted by atomic mass is 32.1. The molecule has 0 radical (unpaired) electrons. The highest BCUT2D eigenvalue weighted by molar-refractivity contribution is 7.26. The number of fused-ring (bicyclic) bond motifs is 6. The lowest BCUT2D eigenvalue weighted by molar-refractivity contribution is 1.27. The smallest absolute Gasteiger partial charge is 0.0575 e. The maximum Gasteiger partial charge on any atom is 0.0575 e. The lowest BCUT2D eigenvalue weighted by Gasteiger charge is -2.30. The van der Waals surface area contributed by atoms with Crippen LogP contribution in [0.5, 0.6) is 0 Å². The molecule has 0 saturated carbocycles. The van der Waals surface area contributed by atoms with Crippen molar-refractivity contribution in [3.05, 3.63) is 224 Å². The van der Waals surface area contributed by atoms with Crippen molar-refractivity contribution < 1.29 is 0 Å². The Labute approximate surface area is 351 Å². The number of anilines is 9. The van der Waals surface area contributed by atoms with E-state index in [2.05, 4.69) is 239 Å². The Morgan fingerprint density at radius 2 is 0.610 bits per heavy atom. The highest BCUT2D eigenvalue weighted by Gasteiger charge is 2.23. The molecule has 0 unspecified atom stereocenters. The molecular formula is C54H37N3S2. The number of benzene rings is 9. The molecule has 9 aromatic carbocycles. The zero-order valence-electron chi connectivity index (χ0n) is 32.0. The summed E-state index contributed by atoms with van der Waals surface area (Å²) in [6, 6.07) is 80.9. The lowest BCUT2D eigenvalue weighted by atomic mass is 10.1. The number of hydrogen-bond donors (Lipinski definition) is 0. The number of thiophene rings is 2. The van der Waals surface area contributed by atoms with Gasteiger partial charge in [-0.3, -0.25) is 0 Å². The van der Waals surface area contributed by atoms with Crippen molar-refractivity contribution in [2.45, 2.75) is 0 Å². The summed E-state index contributed by atoms with van der Waals surface area (Å²) < 4.78 is 5.03. The van der Waals surface area contributed by atoms with E-state index in [0.29, 0.717) is 0 Å². The van der Waals surface area contributed by atoms with Gasteiger partial charge in [-0.25, -0.2) is 0 Å². The first-order chi connectivity index (χ1) is 29.3. The maximum atomic E-state index is 2.42. The molecule has 280 valence electrons. The first kappa shape index (κ1) is 35.0. The number of para-hydroxylation sites is 5. The molecule has 0 spiro atoms. The van der Waals surface area contributed by atoms with Crippen LogP contribution in [0.15, 0.2) is 224 Å². The van der Waals surface area contributed by atoms with Gasteiger partial charge in [-0.2, -0.15) is 0 Å². The Kier molecular flexibility index (Phi) is 8.88. The van der Waals surface area contributed by atoms with Gasteiger partial charge in [0.1, 0.15) is 0 Å². The summed E-state index contributed by atoms with van der Waals surface area (Å²) in [6.45, 7) is 0. The number of nitrogens with zero attached hydrogens (tertiary/aromatic N) is 3. The van der Waals surface area contributed by atoms with Crippen LogP contribution < -0.4 is 14.7 Å². The third kappa shape index (κ3) is 6.38. The Morgan fingerprint density at radius 1 is 0.237 bits per heavy atom. The molecule has 0 aliphatic rings. The van der Waals surface area contributed by atoms with Gasteiger partial charge in [0.25, 0.3) is 0 Å². The van der Waals surface area contributed by atoms with Gasteiger partial charge < -0.3 is 14.7 Å². The van der Waals surface area contributed by atoms with E-state index in [0.717, 1.165) is 51.2 Å². The molecule has 11 rings (SSSR count). The summed E-state index contributed by atoms with van der Waals surface area (Å²) in [5.74, 6) is 0. The first-order valence-corrected chi connectivity index (χ1v) is 21.5. The molecule has 0 aliphatic heterocycles. The Bertz CT molecular complexity index is 3140. The standard InChI is InChI=1S/C54H37N3S2/c1-6-18-38(19-7-1)55(39-20-8-2-9-21-39)43-30-32-46-47-33-31-44(36-52(47)59-51(46)35-43)56(40-22-10-3-11-23-40)45-34-49(54-48-28-16-17-29-50(48)58-53(54)37-45)57(41-24-12-4-13-25-41)42-26-14-5-15-27-42/h1-37H. The summed E-state index contributed by atoms with van der Waals surface area (Å²) in [7, 11) is 0. The molecule has 59 heavy (non-hydrogen) atoms. The van der Waals surface area contributed by atoms with E-state index in [9.17, 15) is 0 Å². The van der Waals surface area contributed by atoms with Crippen molar-refractivity contribution in [1.29, 1.82) is 0 Å². The van der Waals surface area contributed by atoms with Crippen LogP contribution in [0.1, 0.15) is 0 Å². The Hall–Kier alpha value is -7.18. The lowest BCUT2D eigenvalue weighted by Crippen LogP contribution is -2.13. The summed E-state index contributed by atoms with van der Waals surface area (Å²) in [5, 5.41) is 5.05. The SMILES string of the molecule is c1ccc(N(c2ccccc2)c2ccc3c(c2)sc2cc(N(c4ccccc4)c4cc(N(c5ccccc5)c5ccccc5)c5c(c4)sc4ccccc45)ccc23)cc1. The normalized spacial score (nSPS) is 11.4. The zero-order chi connectivity index (χ0) is 39.1. The number of rotatable bonds is 9. The largest absolute Gasteiger partial charge is 0.310 e. The van der Waals surface area contributed by atoms with Crippen LogP contribution in [0, 0.1) is 0 Å². The van der Waals surface area contributed by atoms with Crippen molar-refractivity contribution in [3.8, 4) is 0 Å². The maximum absolute atomic E-state index is 2.42. The van der Waals surface area contributed by atoms with Crippen LogP contribution in [0.4, 0.5) is 51.2 Å². The van der Waals surface area contributed by atoms with E-state index in [4.69, 9.17) is 0 Å². The van der Waals surface area contributed by atoms with Gasteiger partial charge in [0.15, 0.2) is 0 Å². The molecule has 3 nitrogen and oxygen atoms in total. The molecule has 0 atom stereocenters. The molecule has 0 bridgehead atoms. The molecule has 0 amide bonds. The van der Waals surface area contributed by atoms with Crippen LogP contribution in [0.2, 0.25) is 0 Å². The quantitative estimate of drug-likeness (QED) is 0.144. The van der Waals surface area contributed by atoms with Crippen LogP contribution in [-0.2, 0) is 0 Å². The van der Waals surface area contributed by atoms with E-state index in [1.807, 2.05) is 22.7 Å². The van der Waals surface area contributed by atoms with E-state index in [1.165, 1.54) is 40.3 Å². The van der Waals surface area contributed by atoms with Crippen molar-refractivity contribution in [1.82, 2.24) is 0 Å². The molecule has 0 N–H and O–H groups in total. The highest BCUT2D eigenvalue weighted by Crippen LogP contribution is 2.50. The van der Waals surface area contributed by atoms with Gasteiger partial charge >= 0.3 is 0 Å². The fourth-order valence-corrected chi connectivity index (χ4v) is 10.7. The van der Waals surface area contributed by atoms with Gasteiger partial charge in [-0.15, -0.1) is 22.7 Å². The van der Waals surface area contributed by atoms with E-state index >= 15 is 0 Å². The molecule has 0 saturated heterocycles. The van der Waals surface area contributed by atoms with E-state index in [-0.39, 0.29) is 0 Å². The van der Waals surface area contributed by atoms with Crippen LogP contribution >= 0.6 is 22.7 Å². The predicted molar refractivity (Wildman–Crippen MR) is 256 cm³/mol. The van der Waals surface area contributed by atoms with E-state index < -0.39 is 0 Å². The van der Waals surface area contributed by atoms with Crippen molar-refractivity contribution >= 4 is 114 Å².